The molecule has 0 bridgehead atoms. The summed E-state index contributed by atoms with van der Waals surface area (Å²) in [4.78, 5) is 0. The minimum Gasteiger partial charge on any atom is -0.491 e. The van der Waals surface area contributed by atoms with E-state index in [1.807, 2.05) is 0 Å². The van der Waals surface area contributed by atoms with Gasteiger partial charge in [-0.2, -0.15) is 13.2 Å². The van der Waals surface area contributed by atoms with Crippen LogP contribution in [0.4, 0.5) is 17.6 Å². The van der Waals surface area contributed by atoms with E-state index in [2.05, 4.69) is 5.32 Å². The van der Waals surface area contributed by atoms with Crippen LogP contribution in [-0.2, 0) is 6.18 Å². The van der Waals surface area contributed by atoms with Gasteiger partial charge in [0.25, 0.3) is 0 Å². The van der Waals surface area contributed by atoms with E-state index in [1.54, 1.807) is 6.92 Å². The Balaban J connectivity index is 0.00000361. The maximum absolute atomic E-state index is 12.8. The van der Waals surface area contributed by atoms with Gasteiger partial charge in [-0.15, -0.1) is 12.4 Å². The highest BCUT2D eigenvalue weighted by Crippen LogP contribution is 2.36. The van der Waals surface area contributed by atoms with E-state index >= 15 is 0 Å². The van der Waals surface area contributed by atoms with Crippen LogP contribution in [0.5, 0.6) is 5.75 Å². The van der Waals surface area contributed by atoms with E-state index in [0.29, 0.717) is 12.6 Å². The normalized spacial score (nSPS) is 12.7. The molecule has 3 nitrogen and oxygen atoms in total. The summed E-state index contributed by atoms with van der Waals surface area (Å²) >= 11 is 0. The lowest BCUT2D eigenvalue weighted by Gasteiger charge is -2.17. The molecule has 0 aliphatic carbocycles. The summed E-state index contributed by atoms with van der Waals surface area (Å²) in [6, 6.07) is 2.03. The van der Waals surface area contributed by atoms with Gasteiger partial charge in [0.2, 0.25) is 0 Å². The number of nitrogens with one attached hydrogen (secondary N) is 1. The Morgan fingerprint density at radius 3 is 2.55 bits per heavy atom. The van der Waals surface area contributed by atoms with Gasteiger partial charge in [0.05, 0.1) is 6.61 Å². The van der Waals surface area contributed by atoms with Crippen molar-refractivity contribution in [1.82, 2.24) is 5.32 Å². The number of hydrogen-bond donors (Lipinski definition) is 2. The molecule has 1 atom stereocenters. The lowest BCUT2D eigenvalue weighted by Crippen LogP contribution is -2.34. The molecule has 0 aromatic heterocycles. The van der Waals surface area contributed by atoms with Gasteiger partial charge in [-0.25, -0.2) is 4.39 Å². The van der Waals surface area contributed by atoms with Crippen LogP contribution in [0.2, 0.25) is 0 Å². The van der Waals surface area contributed by atoms with Gasteiger partial charge in [0.15, 0.2) is 0 Å². The summed E-state index contributed by atoms with van der Waals surface area (Å²) in [5.41, 5.74) is -1.14. The number of hydrogen-bond acceptors (Lipinski definition) is 3. The molecule has 0 amide bonds. The first kappa shape index (κ1) is 18.9. The third-order valence-corrected chi connectivity index (χ3v) is 2.34. The highest BCUT2D eigenvalue weighted by molar-refractivity contribution is 5.85. The monoisotopic (exact) mass is 317 g/mol. The molecule has 8 heteroatoms. The molecule has 0 aliphatic rings. The van der Waals surface area contributed by atoms with E-state index in [0.717, 1.165) is 12.1 Å². The largest absolute Gasteiger partial charge is 0.491 e. The van der Waals surface area contributed by atoms with Crippen LogP contribution in [0.3, 0.4) is 0 Å². The average molecular weight is 318 g/mol. The van der Waals surface area contributed by atoms with Crippen molar-refractivity contribution in [2.75, 3.05) is 19.8 Å². The predicted molar refractivity (Wildman–Crippen MR) is 68.7 cm³/mol. The molecule has 1 aromatic carbocycles. The second-order valence-corrected chi connectivity index (χ2v) is 4.03. The lowest BCUT2D eigenvalue weighted by molar-refractivity contribution is -0.139. The second kappa shape index (κ2) is 8.28. The lowest BCUT2D eigenvalue weighted by atomic mass is 10.2. The van der Waals surface area contributed by atoms with Gasteiger partial charge >= 0.3 is 6.18 Å². The molecule has 0 fully saturated rings. The maximum Gasteiger partial charge on any atom is 0.420 e. The highest BCUT2D eigenvalue weighted by atomic mass is 35.5. The van der Waals surface area contributed by atoms with Crippen molar-refractivity contribution >= 4 is 12.4 Å². The molecule has 0 heterocycles. The van der Waals surface area contributed by atoms with Crippen molar-refractivity contribution in [2.45, 2.75) is 19.1 Å². The Morgan fingerprint density at radius 1 is 1.35 bits per heavy atom. The van der Waals surface area contributed by atoms with E-state index < -0.39 is 23.3 Å². The minimum absolute atomic E-state index is 0. The third-order valence-electron chi connectivity index (χ3n) is 2.34. The molecule has 0 unspecified atom stereocenters. The number of aliphatic hydroxyl groups excluding tert-OH is 1. The summed E-state index contributed by atoms with van der Waals surface area (Å²) in [7, 11) is 0. The van der Waals surface area contributed by atoms with Crippen LogP contribution in [-0.4, -0.2) is 30.9 Å². The third kappa shape index (κ3) is 5.94. The van der Waals surface area contributed by atoms with E-state index in [9.17, 15) is 17.6 Å². The van der Waals surface area contributed by atoms with Gasteiger partial charge in [0, 0.05) is 12.6 Å². The first-order valence-electron chi connectivity index (χ1n) is 5.68. The number of benzene rings is 1. The van der Waals surface area contributed by atoms with Gasteiger partial charge in [-0.05, 0) is 25.1 Å². The molecule has 2 N–H and O–H groups in total. The Labute approximate surface area is 120 Å². The number of halogens is 5. The van der Waals surface area contributed by atoms with Gasteiger partial charge in [-0.1, -0.05) is 0 Å². The first-order valence-corrected chi connectivity index (χ1v) is 5.68. The van der Waals surface area contributed by atoms with Crippen molar-refractivity contribution in [3.8, 4) is 5.75 Å². The molecule has 0 saturated heterocycles. The van der Waals surface area contributed by atoms with Crippen LogP contribution in [0.15, 0.2) is 18.2 Å². The predicted octanol–water partition coefficient (Wildman–Crippen LogP) is 2.62. The summed E-state index contributed by atoms with van der Waals surface area (Å²) in [6.07, 6.45) is -4.67. The van der Waals surface area contributed by atoms with Crippen molar-refractivity contribution in [3.05, 3.63) is 29.6 Å². The molecule has 0 radical (unpaired) electrons. The van der Waals surface area contributed by atoms with Crippen molar-refractivity contribution in [3.63, 3.8) is 0 Å². The number of alkyl halides is 3. The van der Waals surface area contributed by atoms with Crippen LogP contribution in [0.1, 0.15) is 12.5 Å². The quantitative estimate of drug-likeness (QED) is 0.793. The average Bonchev–Trinajstić information content (AvgIpc) is 2.33. The fraction of sp³-hybridized carbons (Fsp3) is 0.500. The Kier molecular flexibility index (Phi) is 7.85. The molecule has 1 aromatic rings. The number of ether oxygens (including phenoxy) is 1. The van der Waals surface area contributed by atoms with Crippen LogP contribution < -0.4 is 10.1 Å². The smallest absolute Gasteiger partial charge is 0.420 e. The first-order chi connectivity index (χ1) is 8.84. The zero-order chi connectivity index (χ0) is 14.5. The van der Waals surface area contributed by atoms with E-state index in [1.165, 1.54) is 0 Å². The SMILES string of the molecule is C[C@@H](COc1ccc(F)cc1C(F)(F)F)NCCO.Cl. The van der Waals surface area contributed by atoms with Crippen LogP contribution in [0, 0.1) is 5.82 Å². The van der Waals surface area contributed by atoms with E-state index in [4.69, 9.17) is 9.84 Å². The summed E-state index contributed by atoms with van der Waals surface area (Å²) in [5, 5.41) is 11.4. The standard InChI is InChI=1S/C12H15F4NO2.ClH/c1-8(17-4-5-18)7-19-11-3-2-9(13)6-10(11)12(14,15)16;/h2-3,6,8,17-18H,4-5,7H2,1H3;1H/t8-;/m0./s1. The Hall–Kier alpha value is -1.05. The van der Waals surface area contributed by atoms with Gasteiger partial charge in [0.1, 0.15) is 23.7 Å². The Bertz CT molecular complexity index is 415. The number of rotatable bonds is 6. The van der Waals surface area contributed by atoms with Gasteiger partial charge in [-0.3, -0.25) is 0 Å². The van der Waals surface area contributed by atoms with Gasteiger partial charge < -0.3 is 15.2 Å². The molecular weight excluding hydrogens is 302 g/mol. The molecule has 1 rings (SSSR count). The van der Waals surface area contributed by atoms with Crippen LogP contribution >= 0.6 is 12.4 Å². The van der Waals surface area contributed by atoms with Crippen molar-refractivity contribution < 1.29 is 27.4 Å². The molecule has 116 valence electrons. The Morgan fingerprint density at radius 2 is 2.00 bits per heavy atom. The topological polar surface area (TPSA) is 41.5 Å². The van der Waals surface area contributed by atoms with Crippen LogP contribution in [0.25, 0.3) is 0 Å². The molecule has 0 saturated carbocycles. The number of aliphatic hydroxyl groups is 1. The maximum atomic E-state index is 12.8. The molecule has 0 spiro atoms. The van der Waals surface area contributed by atoms with Crippen molar-refractivity contribution in [2.24, 2.45) is 0 Å². The summed E-state index contributed by atoms with van der Waals surface area (Å²) < 4.78 is 55.9. The molecule has 20 heavy (non-hydrogen) atoms. The fourth-order valence-electron chi connectivity index (χ4n) is 1.43. The summed E-state index contributed by atoms with van der Waals surface area (Å²) in [6.45, 7) is 1.93. The second-order valence-electron chi connectivity index (χ2n) is 4.03. The minimum atomic E-state index is -4.67. The van der Waals surface area contributed by atoms with E-state index in [-0.39, 0.29) is 31.7 Å². The summed E-state index contributed by atoms with van der Waals surface area (Å²) in [5.74, 6) is -1.38. The fourth-order valence-corrected chi connectivity index (χ4v) is 1.43. The molecular formula is C12H16ClF4NO2. The zero-order valence-electron chi connectivity index (χ0n) is 10.7. The molecule has 0 aliphatic heterocycles. The van der Waals surface area contributed by atoms with Crippen molar-refractivity contribution in [1.29, 1.82) is 0 Å². The zero-order valence-corrected chi connectivity index (χ0v) is 11.5. The highest BCUT2D eigenvalue weighted by Gasteiger charge is 2.34.